The van der Waals surface area contributed by atoms with Gasteiger partial charge in [-0.1, -0.05) is 105 Å². The van der Waals surface area contributed by atoms with Gasteiger partial charge in [0.05, 0.1) is 12.3 Å². The third-order valence-corrected chi connectivity index (χ3v) is 11.6. The number of unbranched alkanes of at least 4 members (excludes halogenated alkanes) is 9. The van der Waals surface area contributed by atoms with Crippen molar-refractivity contribution < 1.29 is 5.11 Å². The summed E-state index contributed by atoms with van der Waals surface area (Å²) in [6.07, 6.45) is 19.3. The van der Waals surface area contributed by atoms with Crippen LogP contribution >= 0.6 is 7.26 Å². The van der Waals surface area contributed by atoms with Crippen LogP contribution < -0.4 is 15.9 Å². The maximum atomic E-state index is 9.28. The van der Waals surface area contributed by atoms with Gasteiger partial charge in [-0.25, -0.2) is 0 Å². The molecule has 0 aliphatic carbocycles. The van der Waals surface area contributed by atoms with Crippen LogP contribution in [0.4, 0.5) is 0 Å². The molecular weight excluding hydrogens is 455 g/mol. The molecule has 0 unspecified atom stereocenters. The largest absolute Gasteiger partial charge is 0.393 e. The van der Waals surface area contributed by atoms with Crippen LogP contribution in [0.2, 0.25) is 0 Å². The van der Waals surface area contributed by atoms with Crippen molar-refractivity contribution in [1.29, 1.82) is 0 Å². The Morgan fingerprint density at radius 2 is 0.944 bits per heavy atom. The predicted octanol–water partition coefficient (Wildman–Crippen LogP) is 8.21. The lowest BCUT2D eigenvalue weighted by atomic mass is 10.1. The number of aliphatic hydroxyl groups is 1. The fourth-order valence-corrected chi connectivity index (χ4v) is 9.55. The molecule has 0 aliphatic rings. The summed E-state index contributed by atoms with van der Waals surface area (Å²) in [4.78, 5) is 0. The Morgan fingerprint density at radius 1 is 0.556 bits per heavy atom. The van der Waals surface area contributed by atoms with Crippen LogP contribution in [0.3, 0.4) is 0 Å². The van der Waals surface area contributed by atoms with E-state index in [1.165, 1.54) is 79.9 Å². The quantitative estimate of drug-likeness (QED) is 0.112. The highest BCUT2D eigenvalue weighted by atomic mass is 31.2. The first-order chi connectivity index (χ1) is 17.7. The molecule has 0 aromatic heterocycles. The minimum Gasteiger partial charge on any atom is -0.393 e. The highest BCUT2D eigenvalue weighted by molar-refractivity contribution is 7.95. The van der Waals surface area contributed by atoms with Crippen molar-refractivity contribution in [2.75, 3.05) is 6.16 Å². The van der Waals surface area contributed by atoms with Gasteiger partial charge < -0.3 is 5.11 Å². The standard InChI is InChI=1S/C34H46OP/c1-31(35)23-15-10-8-6-4-2-3-5-7-9-11-22-30-36(32-24-16-12-17-25-32,33-26-18-13-19-27-33)34-28-20-14-21-29-34/h10,12-21,24-29,31,35H,2-9,11,22-23,30H2,1H3/q+1/b15-10-/t31-/m1/s1. The first-order valence-electron chi connectivity index (χ1n) is 14.1. The van der Waals surface area contributed by atoms with Gasteiger partial charge in [-0.05, 0) is 75.4 Å². The van der Waals surface area contributed by atoms with Crippen LogP contribution in [0.1, 0.15) is 77.6 Å². The summed E-state index contributed by atoms with van der Waals surface area (Å²) >= 11 is 0. The smallest absolute Gasteiger partial charge is 0.112 e. The molecule has 0 amide bonds. The van der Waals surface area contributed by atoms with Gasteiger partial charge in [0.2, 0.25) is 0 Å². The summed E-state index contributed by atoms with van der Waals surface area (Å²) in [5.74, 6) is 0. The Bertz CT molecular complexity index is 869. The summed E-state index contributed by atoms with van der Waals surface area (Å²) in [5.41, 5.74) is 0. The zero-order chi connectivity index (χ0) is 25.3. The van der Waals surface area contributed by atoms with Crippen molar-refractivity contribution in [3.05, 3.63) is 103 Å². The van der Waals surface area contributed by atoms with E-state index in [-0.39, 0.29) is 6.10 Å². The van der Waals surface area contributed by atoms with Gasteiger partial charge in [0, 0.05) is 0 Å². The molecule has 0 radical (unpaired) electrons. The van der Waals surface area contributed by atoms with E-state index >= 15 is 0 Å². The average molecular weight is 502 g/mol. The van der Waals surface area contributed by atoms with Gasteiger partial charge in [0.25, 0.3) is 0 Å². The van der Waals surface area contributed by atoms with Crippen LogP contribution in [-0.2, 0) is 0 Å². The minimum atomic E-state index is -1.66. The molecule has 192 valence electrons. The fourth-order valence-electron chi connectivity index (χ4n) is 5.14. The van der Waals surface area contributed by atoms with Crippen molar-refractivity contribution in [2.24, 2.45) is 0 Å². The fraction of sp³-hybridized carbons (Fsp3) is 0.412. The first kappa shape index (κ1) is 28.4. The second-order valence-corrected chi connectivity index (χ2v) is 13.7. The number of hydrogen-bond donors (Lipinski definition) is 1. The number of allylic oxidation sites excluding steroid dienone is 1. The molecule has 0 saturated heterocycles. The van der Waals surface area contributed by atoms with Gasteiger partial charge in [-0.15, -0.1) is 0 Å². The van der Waals surface area contributed by atoms with Gasteiger partial charge in [-0.3, -0.25) is 0 Å². The monoisotopic (exact) mass is 501 g/mol. The molecule has 0 aliphatic heterocycles. The van der Waals surface area contributed by atoms with E-state index < -0.39 is 7.26 Å². The Morgan fingerprint density at radius 3 is 1.36 bits per heavy atom. The molecular formula is C34H46OP+. The van der Waals surface area contributed by atoms with E-state index in [1.54, 1.807) is 0 Å². The number of benzene rings is 3. The summed E-state index contributed by atoms with van der Waals surface area (Å²) in [7, 11) is -1.66. The molecule has 0 heterocycles. The van der Waals surface area contributed by atoms with Crippen molar-refractivity contribution in [1.82, 2.24) is 0 Å². The molecule has 2 heteroatoms. The molecule has 0 spiro atoms. The van der Waals surface area contributed by atoms with E-state index in [9.17, 15) is 5.11 Å². The third kappa shape index (κ3) is 9.02. The summed E-state index contributed by atoms with van der Waals surface area (Å²) < 4.78 is 0. The van der Waals surface area contributed by atoms with E-state index in [2.05, 4.69) is 103 Å². The van der Waals surface area contributed by atoms with E-state index in [0.717, 1.165) is 12.8 Å². The van der Waals surface area contributed by atoms with E-state index in [4.69, 9.17) is 0 Å². The summed E-state index contributed by atoms with van der Waals surface area (Å²) in [5, 5.41) is 13.8. The molecule has 1 nitrogen and oxygen atoms in total. The molecule has 3 aromatic carbocycles. The van der Waals surface area contributed by atoms with Gasteiger partial charge in [0.15, 0.2) is 0 Å². The zero-order valence-electron chi connectivity index (χ0n) is 22.3. The Labute approximate surface area is 221 Å². The molecule has 0 bridgehead atoms. The molecule has 3 aromatic rings. The van der Waals surface area contributed by atoms with Crippen LogP contribution in [0.15, 0.2) is 103 Å². The summed E-state index contributed by atoms with van der Waals surface area (Å²) in [6, 6.07) is 33.8. The highest BCUT2D eigenvalue weighted by Gasteiger charge is 2.44. The second kappa shape index (κ2) is 16.5. The third-order valence-electron chi connectivity index (χ3n) is 7.10. The van der Waals surface area contributed by atoms with Crippen molar-refractivity contribution in [3.8, 4) is 0 Å². The van der Waals surface area contributed by atoms with Crippen LogP contribution in [0.5, 0.6) is 0 Å². The molecule has 1 atom stereocenters. The van der Waals surface area contributed by atoms with Gasteiger partial charge in [0.1, 0.15) is 23.2 Å². The molecule has 3 rings (SSSR count). The van der Waals surface area contributed by atoms with Crippen molar-refractivity contribution in [3.63, 3.8) is 0 Å². The normalized spacial score (nSPS) is 12.7. The van der Waals surface area contributed by atoms with Crippen molar-refractivity contribution >= 4 is 23.2 Å². The number of aliphatic hydroxyl groups excluding tert-OH is 1. The van der Waals surface area contributed by atoms with E-state index in [1.807, 2.05) is 6.92 Å². The van der Waals surface area contributed by atoms with Crippen molar-refractivity contribution in [2.45, 2.75) is 83.7 Å². The first-order valence-corrected chi connectivity index (χ1v) is 16.1. The Hall–Kier alpha value is -2.21. The van der Waals surface area contributed by atoms with Gasteiger partial charge in [-0.2, -0.15) is 0 Å². The Balaban J connectivity index is 1.48. The highest BCUT2D eigenvalue weighted by Crippen LogP contribution is 2.56. The SMILES string of the molecule is C[C@@H](O)C/C=C\CCCCCCCCCCC[P+](c1ccccc1)(c1ccccc1)c1ccccc1. The predicted molar refractivity (Wildman–Crippen MR) is 162 cm³/mol. The lowest BCUT2D eigenvalue weighted by molar-refractivity contribution is 0.198. The van der Waals surface area contributed by atoms with E-state index in [0.29, 0.717) is 0 Å². The average Bonchev–Trinajstić information content (AvgIpc) is 2.92. The summed E-state index contributed by atoms with van der Waals surface area (Å²) in [6.45, 7) is 1.85. The minimum absolute atomic E-state index is 0.213. The topological polar surface area (TPSA) is 20.2 Å². The second-order valence-electron chi connectivity index (χ2n) is 10.1. The van der Waals surface area contributed by atoms with Crippen LogP contribution in [0.25, 0.3) is 0 Å². The molecule has 36 heavy (non-hydrogen) atoms. The molecule has 0 saturated carbocycles. The maximum absolute atomic E-state index is 9.28. The zero-order valence-corrected chi connectivity index (χ0v) is 23.2. The number of rotatable bonds is 17. The lowest BCUT2D eigenvalue weighted by Gasteiger charge is -2.27. The Kier molecular flexibility index (Phi) is 13.0. The molecule has 0 fully saturated rings. The van der Waals surface area contributed by atoms with Crippen LogP contribution in [0, 0.1) is 0 Å². The lowest BCUT2D eigenvalue weighted by Crippen LogP contribution is -2.33. The van der Waals surface area contributed by atoms with Gasteiger partial charge >= 0.3 is 0 Å². The van der Waals surface area contributed by atoms with Crippen LogP contribution in [-0.4, -0.2) is 17.4 Å². The molecule has 1 N–H and O–H groups in total. The number of hydrogen-bond acceptors (Lipinski definition) is 1. The maximum Gasteiger partial charge on any atom is 0.112 e.